The summed E-state index contributed by atoms with van der Waals surface area (Å²) in [4.78, 5) is 28.6. The van der Waals surface area contributed by atoms with Crippen molar-refractivity contribution in [3.05, 3.63) is 81.1 Å². The molecule has 2 aromatic carbocycles. The maximum atomic E-state index is 13.4. The molecule has 1 aliphatic rings. The van der Waals surface area contributed by atoms with E-state index in [1.54, 1.807) is 38.3 Å². The van der Waals surface area contributed by atoms with E-state index in [0.717, 1.165) is 4.88 Å². The van der Waals surface area contributed by atoms with E-state index in [9.17, 15) is 9.59 Å². The summed E-state index contributed by atoms with van der Waals surface area (Å²) in [6.07, 6.45) is 0. The SMILES string of the molecule is COc1cccc(NC2=C(c3cccs3)C(=O)N(c3cccc(Cl)c3C)C2=O)c1. The molecule has 0 radical (unpaired) electrons. The Morgan fingerprint density at radius 3 is 2.55 bits per heavy atom. The zero-order valence-electron chi connectivity index (χ0n) is 15.7. The Morgan fingerprint density at radius 1 is 1.03 bits per heavy atom. The number of methoxy groups -OCH3 is 1. The van der Waals surface area contributed by atoms with Crippen LogP contribution in [-0.2, 0) is 9.59 Å². The van der Waals surface area contributed by atoms with Gasteiger partial charge >= 0.3 is 0 Å². The predicted molar refractivity (Wildman–Crippen MR) is 117 cm³/mol. The highest BCUT2D eigenvalue weighted by molar-refractivity contribution is 7.11. The van der Waals surface area contributed by atoms with Gasteiger partial charge in [-0.15, -0.1) is 11.3 Å². The van der Waals surface area contributed by atoms with Crippen LogP contribution in [0.3, 0.4) is 0 Å². The lowest BCUT2D eigenvalue weighted by molar-refractivity contribution is -0.120. The minimum Gasteiger partial charge on any atom is -0.497 e. The lowest BCUT2D eigenvalue weighted by Gasteiger charge is -2.18. The molecular formula is C22H17ClN2O3S. The molecule has 5 nitrogen and oxygen atoms in total. The smallest absolute Gasteiger partial charge is 0.282 e. The second kappa shape index (κ2) is 7.73. The third kappa shape index (κ3) is 3.41. The predicted octanol–water partition coefficient (Wildman–Crippen LogP) is 5.12. The second-order valence-corrected chi connectivity index (χ2v) is 7.77. The van der Waals surface area contributed by atoms with Crippen LogP contribution >= 0.6 is 22.9 Å². The van der Waals surface area contributed by atoms with Crippen molar-refractivity contribution in [3.8, 4) is 5.75 Å². The third-order valence-electron chi connectivity index (χ3n) is 4.67. The molecule has 0 aliphatic carbocycles. The average molecular weight is 425 g/mol. The van der Waals surface area contributed by atoms with Crippen LogP contribution in [0.1, 0.15) is 10.4 Å². The fourth-order valence-corrected chi connectivity index (χ4v) is 4.14. The van der Waals surface area contributed by atoms with Crippen molar-refractivity contribution in [1.82, 2.24) is 0 Å². The number of rotatable bonds is 5. The number of nitrogens with one attached hydrogen (secondary N) is 1. The van der Waals surface area contributed by atoms with Gasteiger partial charge in [0.15, 0.2) is 0 Å². The Labute approximate surface area is 177 Å². The number of ether oxygens (including phenoxy) is 1. The van der Waals surface area contributed by atoms with Crippen molar-refractivity contribution in [1.29, 1.82) is 0 Å². The molecule has 0 atom stereocenters. The average Bonchev–Trinajstić information content (AvgIpc) is 3.32. The van der Waals surface area contributed by atoms with Gasteiger partial charge in [0.1, 0.15) is 11.4 Å². The van der Waals surface area contributed by atoms with Gasteiger partial charge in [0.25, 0.3) is 11.8 Å². The van der Waals surface area contributed by atoms with Gasteiger partial charge in [-0.1, -0.05) is 29.8 Å². The minimum atomic E-state index is -0.424. The molecule has 0 bridgehead atoms. The number of halogens is 1. The fourth-order valence-electron chi connectivity index (χ4n) is 3.20. The van der Waals surface area contributed by atoms with Crippen molar-refractivity contribution in [2.75, 3.05) is 17.3 Å². The highest BCUT2D eigenvalue weighted by Crippen LogP contribution is 2.38. The third-order valence-corrected chi connectivity index (χ3v) is 5.97. The standard InChI is InChI=1S/C22H17ClN2O3S/c1-13-16(23)8-4-9-17(13)25-21(26)19(18-10-5-11-29-18)20(22(25)27)24-14-6-3-7-15(12-14)28-2/h3-12,24H,1-2H3. The van der Waals surface area contributed by atoms with Crippen molar-refractivity contribution >= 4 is 51.7 Å². The van der Waals surface area contributed by atoms with Crippen molar-refractivity contribution in [3.63, 3.8) is 0 Å². The summed E-state index contributed by atoms with van der Waals surface area (Å²) in [5, 5.41) is 5.50. The normalized spacial score (nSPS) is 14.0. The molecule has 1 aromatic heterocycles. The Bertz CT molecular complexity index is 1140. The van der Waals surface area contributed by atoms with E-state index >= 15 is 0 Å². The number of imide groups is 1. The number of thiophene rings is 1. The molecule has 2 amide bonds. The summed E-state index contributed by atoms with van der Waals surface area (Å²) in [5.74, 6) is -0.160. The molecule has 7 heteroatoms. The van der Waals surface area contributed by atoms with Crippen molar-refractivity contribution in [2.24, 2.45) is 0 Å². The van der Waals surface area contributed by atoms with E-state index in [1.807, 2.05) is 35.7 Å². The Kier molecular flexibility index (Phi) is 5.13. The van der Waals surface area contributed by atoms with E-state index in [2.05, 4.69) is 5.32 Å². The number of nitrogens with zero attached hydrogens (tertiary/aromatic N) is 1. The summed E-state index contributed by atoms with van der Waals surface area (Å²) in [5.41, 5.74) is 2.37. The molecule has 0 saturated heterocycles. The lowest BCUT2D eigenvalue weighted by Crippen LogP contribution is -2.33. The topological polar surface area (TPSA) is 58.6 Å². The molecule has 146 valence electrons. The zero-order chi connectivity index (χ0) is 20.5. The molecule has 3 aromatic rings. The van der Waals surface area contributed by atoms with Gasteiger partial charge in [-0.3, -0.25) is 9.59 Å². The van der Waals surface area contributed by atoms with E-state index in [4.69, 9.17) is 16.3 Å². The maximum Gasteiger partial charge on any atom is 0.282 e. The Hall–Kier alpha value is -3.09. The molecule has 0 spiro atoms. The van der Waals surface area contributed by atoms with Gasteiger partial charge in [0, 0.05) is 21.7 Å². The van der Waals surface area contributed by atoms with Crippen LogP contribution in [0.2, 0.25) is 5.02 Å². The van der Waals surface area contributed by atoms with Crippen LogP contribution in [0.15, 0.2) is 65.7 Å². The molecular weight excluding hydrogens is 408 g/mol. The van der Waals surface area contributed by atoms with Crippen molar-refractivity contribution < 1.29 is 14.3 Å². The molecule has 0 unspecified atom stereocenters. The van der Waals surface area contributed by atoms with E-state index in [1.165, 1.54) is 16.2 Å². The van der Waals surface area contributed by atoms with Gasteiger partial charge in [-0.25, -0.2) is 4.90 Å². The van der Waals surface area contributed by atoms with E-state index in [0.29, 0.717) is 33.3 Å². The molecule has 1 N–H and O–H groups in total. The number of hydrogen-bond acceptors (Lipinski definition) is 5. The zero-order valence-corrected chi connectivity index (χ0v) is 17.3. The fraction of sp³-hybridized carbons (Fsp3) is 0.0909. The van der Waals surface area contributed by atoms with Gasteiger partial charge in [0.05, 0.1) is 18.4 Å². The molecule has 1 aliphatic heterocycles. The number of carbonyl (C=O) groups excluding carboxylic acids is 2. The Balaban J connectivity index is 1.82. The van der Waals surface area contributed by atoms with E-state index < -0.39 is 5.91 Å². The highest BCUT2D eigenvalue weighted by atomic mass is 35.5. The molecule has 2 heterocycles. The molecule has 29 heavy (non-hydrogen) atoms. The number of carbonyl (C=O) groups is 2. The first kappa shape index (κ1) is 19.2. The summed E-state index contributed by atoms with van der Waals surface area (Å²) < 4.78 is 5.25. The summed E-state index contributed by atoms with van der Waals surface area (Å²) >= 11 is 7.64. The Morgan fingerprint density at radius 2 is 1.83 bits per heavy atom. The van der Waals surface area contributed by atoms with Crippen LogP contribution in [0.4, 0.5) is 11.4 Å². The quantitative estimate of drug-likeness (QED) is 0.578. The number of benzene rings is 2. The highest BCUT2D eigenvalue weighted by Gasteiger charge is 2.41. The molecule has 4 rings (SSSR count). The minimum absolute atomic E-state index is 0.227. The summed E-state index contributed by atoms with van der Waals surface area (Å²) in [7, 11) is 1.57. The molecule has 0 saturated carbocycles. The van der Waals surface area contributed by atoms with Gasteiger partial charge in [-0.05, 0) is 48.2 Å². The van der Waals surface area contributed by atoms with Crippen LogP contribution in [-0.4, -0.2) is 18.9 Å². The second-order valence-electron chi connectivity index (χ2n) is 6.41. The molecule has 0 fully saturated rings. The van der Waals surface area contributed by atoms with Gasteiger partial charge in [-0.2, -0.15) is 0 Å². The number of amides is 2. The van der Waals surface area contributed by atoms with Crippen molar-refractivity contribution in [2.45, 2.75) is 6.92 Å². The summed E-state index contributed by atoms with van der Waals surface area (Å²) in [6.45, 7) is 1.79. The van der Waals surface area contributed by atoms with E-state index in [-0.39, 0.29) is 11.6 Å². The first-order chi connectivity index (χ1) is 14.0. The monoisotopic (exact) mass is 424 g/mol. The lowest BCUT2D eigenvalue weighted by atomic mass is 10.1. The first-order valence-corrected chi connectivity index (χ1v) is 10.1. The van der Waals surface area contributed by atoms with Crippen LogP contribution < -0.4 is 15.0 Å². The number of hydrogen-bond donors (Lipinski definition) is 1. The maximum absolute atomic E-state index is 13.4. The van der Waals surface area contributed by atoms with Crippen LogP contribution in [0.5, 0.6) is 5.75 Å². The van der Waals surface area contributed by atoms with Crippen LogP contribution in [0.25, 0.3) is 5.57 Å². The van der Waals surface area contributed by atoms with Gasteiger partial charge in [0.2, 0.25) is 0 Å². The van der Waals surface area contributed by atoms with Crippen LogP contribution in [0, 0.1) is 6.92 Å². The summed E-state index contributed by atoms with van der Waals surface area (Å²) in [6, 6.07) is 16.1. The number of anilines is 2. The first-order valence-electron chi connectivity index (χ1n) is 8.84. The largest absolute Gasteiger partial charge is 0.497 e. The van der Waals surface area contributed by atoms with Gasteiger partial charge < -0.3 is 10.1 Å².